The van der Waals surface area contributed by atoms with Crippen LogP contribution in [0.5, 0.6) is 5.75 Å². The van der Waals surface area contributed by atoms with Crippen molar-refractivity contribution < 1.29 is 14.3 Å². The molecule has 0 fully saturated rings. The number of likely N-dealkylation sites (N-methyl/N-ethyl adjacent to an activating group) is 1. The lowest BCUT2D eigenvalue weighted by molar-refractivity contribution is -0.122. The maximum absolute atomic E-state index is 12.6. The van der Waals surface area contributed by atoms with E-state index in [2.05, 4.69) is 10.6 Å². The summed E-state index contributed by atoms with van der Waals surface area (Å²) in [5.41, 5.74) is 1.87. The average Bonchev–Trinajstić information content (AvgIpc) is 2.63. The van der Waals surface area contributed by atoms with Crippen LogP contribution >= 0.6 is 11.6 Å². The van der Waals surface area contributed by atoms with E-state index in [0.29, 0.717) is 28.2 Å². The predicted molar refractivity (Wildman–Crippen MR) is 108 cm³/mol. The third kappa shape index (κ3) is 6.03. The van der Waals surface area contributed by atoms with Gasteiger partial charge in [-0.15, -0.1) is 0 Å². The predicted octanol–water partition coefficient (Wildman–Crippen LogP) is 2.01. The summed E-state index contributed by atoms with van der Waals surface area (Å²) in [6.45, 7) is 3.78. The molecule has 2 aromatic carbocycles. The van der Waals surface area contributed by atoms with E-state index in [-0.39, 0.29) is 12.0 Å². The summed E-state index contributed by atoms with van der Waals surface area (Å²) < 4.78 is 5.57. The Balaban J connectivity index is 2.14. The Morgan fingerprint density at radius 3 is 2.37 bits per heavy atom. The molecule has 2 aromatic rings. The van der Waals surface area contributed by atoms with Crippen molar-refractivity contribution >= 4 is 36.7 Å². The van der Waals surface area contributed by atoms with E-state index < -0.39 is 11.9 Å². The molecule has 7 heteroatoms. The minimum atomic E-state index is -0.725. The van der Waals surface area contributed by atoms with Crippen LogP contribution in [0.2, 0.25) is 5.02 Å². The zero-order valence-electron chi connectivity index (χ0n) is 15.6. The van der Waals surface area contributed by atoms with Gasteiger partial charge in [0.15, 0.2) is 0 Å². The summed E-state index contributed by atoms with van der Waals surface area (Å²) in [5.74, 6) is -0.170. The Bertz CT molecular complexity index is 809. The summed E-state index contributed by atoms with van der Waals surface area (Å²) >= 11 is 6.19. The Kier molecular flexibility index (Phi) is 7.31. The molecule has 27 heavy (non-hydrogen) atoms. The molecule has 2 amide bonds. The second-order valence-electron chi connectivity index (χ2n) is 6.40. The van der Waals surface area contributed by atoms with Crippen molar-refractivity contribution in [3.63, 3.8) is 0 Å². The summed E-state index contributed by atoms with van der Waals surface area (Å²) in [6.07, 6.45) is 0.313. The number of hydrogen-bond acceptors (Lipinski definition) is 3. The molecular weight excluding hydrogens is 362 g/mol. The van der Waals surface area contributed by atoms with E-state index in [1.54, 1.807) is 24.3 Å². The van der Waals surface area contributed by atoms with Gasteiger partial charge in [0.25, 0.3) is 5.91 Å². The van der Waals surface area contributed by atoms with Crippen molar-refractivity contribution in [3.8, 4) is 5.75 Å². The number of hydrogen-bond donors (Lipinski definition) is 2. The van der Waals surface area contributed by atoms with Crippen LogP contribution in [0, 0.1) is 0 Å². The lowest BCUT2D eigenvalue weighted by atomic mass is 9.94. The van der Waals surface area contributed by atoms with Crippen LogP contribution in [0.4, 0.5) is 0 Å². The molecule has 0 aliphatic heterocycles. The fourth-order valence-corrected chi connectivity index (χ4v) is 2.73. The van der Waals surface area contributed by atoms with Gasteiger partial charge in [-0.3, -0.25) is 9.59 Å². The van der Waals surface area contributed by atoms with Crippen LogP contribution in [0.1, 0.15) is 29.8 Å². The number of amides is 2. The van der Waals surface area contributed by atoms with Gasteiger partial charge in [-0.1, -0.05) is 41.3 Å². The number of carbonyl (C=O) groups excluding carboxylic acids is 2. The second-order valence-corrected chi connectivity index (χ2v) is 6.81. The molecule has 2 radical (unpaired) electrons. The molecule has 0 saturated carbocycles. The molecule has 0 aliphatic carbocycles. The van der Waals surface area contributed by atoms with E-state index in [9.17, 15) is 9.59 Å². The Morgan fingerprint density at radius 1 is 1.15 bits per heavy atom. The number of halogens is 1. The van der Waals surface area contributed by atoms with Gasteiger partial charge in [0, 0.05) is 19.0 Å². The summed E-state index contributed by atoms with van der Waals surface area (Å²) in [6, 6.07) is 11.2. The quantitative estimate of drug-likeness (QED) is 0.718. The Morgan fingerprint density at radius 2 is 1.81 bits per heavy atom. The highest BCUT2D eigenvalue weighted by Gasteiger charge is 2.21. The monoisotopic (exact) mass is 384 g/mol. The van der Waals surface area contributed by atoms with Crippen LogP contribution in [-0.2, 0) is 11.2 Å². The zero-order valence-corrected chi connectivity index (χ0v) is 16.3. The molecule has 0 unspecified atom stereocenters. The summed E-state index contributed by atoms with van der Waals surface area (Å²) in [4.78, 5) is 24.8. The first-order chi connectivity index (χ1) is 12.8. The number of carbonyl (C=O) groups is 2. The largest absolute Gasteiger partial charge is 0.489 e. The van der Waals surface area contributed by atoms with E-state index in [1.165, 1.54) is 13.1 Å². The van der Waals surface area contributed by atoms with Gasteiger partial charge in [-0.05, 0) is 37.6 Å². The highest BCUT2D eigenvalue weighted by atomic mass is 35.5. The van der Waals surface area contributed by atoms with Crippen molar-refractivity contribution in [2.75, 3.05) is 7.05 Å². The maximum Gasteiger partial charge on any atom is 0.251 e. The van der Waals surface area contributed by atoms with Gasteiger partial charge < -0.3 is 15.4 Å². The number of nitrogens with one attached hydrogen (secondary N) is 2. The first kappa shape index (κ1) is 20.8. The normalized spacial score (nSPS) is 11.7. The fraction of sp³-hybridized carbons (Fsp3) is 0.300. The van der Waals surface area contributed by atoms with Gasteiger partial charge in [0.2, 0.25) is 5.91 Å². The molecule has 0 spiro atoms. The summed E-state index contributed by atoms with van der Waals surface area (Å²) in [7, 11) is 7.21. The average molecular weight is 385 g/mol. The molecule has 5 nitrogen and oxygen atoms in total. The van der Waals surface area contributed by atoms with Crippen molar-refractivity contribution in [2.45, 2.75) is 32.4 Å². The first-order valence-corrected chi connectivity index (χ1v) is 9.01. The lowest BCUT2D eigenvalue weighted by Gasteiger charge is -2.18. The van der Waals surface area contributed by atoms with Crippen molar-refractivity contribution in [2.24, 2.45) is 0 Å². The molecule has 0 saturated heterocycles. The molecule has 0 aromatic heterocycles. The van der Waals surface area contributed by atoms with Gasteiger partial charge in [0.05, 0.1) is 11.1 Å². The summed E-state index contributed by atoms with van der Waals surface area (Å²) in [5, 5.41) is 5.66. The van der Waals surface area contributed by atoms with Crippen LogP contribution in [0.25, 0.3) is 0 Å². The Hall–Kier alpha value is -2.47. The molecule has 2 rings (SSSR count). The van der Waals surface area contributed by atoms with Crippen LogP contribution in [0.15, 0.2) is 42.5 Å². The van der Waals surface area contributed by atoms with E-state index >= 15 is 0 Å². The molecule has 0 bridgehead atoms. The zero-order chi connectivity index (χ0) is 20.0. The van der Waals surface area contributed by atoms with Crippen LogP contribution in [0.3, 0.4) is 0 Å². The van der Waals surface area contributed by atoms with E-state index in [4.69, 9.17) is 24.2 Å². The van der Waals surface area contributed by atoms with Crippen molar-refractivity contribution in [3.05, 3.63) is 58.6 Å². The van der Waals surface area contributed by atoms with Gasteiger partial charge in [-0.2, -0.15) is 0 Å². The lowest BCUT2D eigenvalue weighted by Crippen LogP contribution is -2.47. The van der Waals surface area contributed by atoms with Crippen molar-refractivity contribution in [1.82, 2.24) is 10.6 Å². The van der Waals surface area contributed by atoms with Crippen LogP contribution < -0.4 is 20.8 Å². The standard InChI is InChI=1S/C20H22BClN2O3/c1-12(2)27-18-9-6-14(11-16(18)22)19(25)24-17(20(26)23-3)10-13-4-7-15(21)8-5-13/h4-9,11-12,17H,10H2,1-3H3,(H,23,26)(H,24,25)/t17-/m0/s1. The van der Waals surface area contributed by atoms with Crippen molar-refractivity contribution in [1.29, 1.82) is 0 Å². The fourth-order valence-electron chi connectivity index (χ4n) is 2.51. The minimum Gasteiger partial charge on any atom is -0.489 e. The number of benzene rings is 2. The molecule has 140 valence electrons. The first-order valence-electron chi connectivity index (χ1n) is 8.63. The molecule has 0 heterocycles. The third-order valence-electron chi connectivity index (χ3n) is 3.84. The highest BCUT2D eigenvalue weighted by molar-refractivity contribution is 6.32. The smallest absolute Gasteiger partial charge is 0.251 e. The maximum atomic E-state index is 12.6. The molecule has 1 atom stereocenters. The molecule has 2 N–H and O–H groups in total. The molecule has 0 aliphatic rings. The SMILES string of the molecule is [B]c1ccc(C[C@H](NC(=O)c2ccc(OC(C)C)c(Cl)c2)C(=O)NC)cc1. The Labute approximate surface area is 165 Å². The van der Waals surface area contributed by atoms with E-state index in [1.807, 2.05) is 26.0 Å². The minimum absolute atomic E-state index is 0.0280. The van der Waals surface area contributed by atoms with Gasteiger partial charge in [-0.25, -0.2) is 0 Å². The number of ether oxygens (including phenoxy) is 1. The molecular formula is C20H22BClN2O3. The van der Waals surface area contributed by atoms with Gasteiger partial charge >= 0.3 is 0 Å². The highest BCUT2D eigenvalue weighted by Crippen LogP contribution is 2.26. The third-order valence-corrected chi connectivity index (χ3v) is 4.14. The van der Waals surface area contributed by atoms with E-state index in [0.717, 1.165) is 5.56 Å². The second kappa shape index (κ2) is 9.46. The topological polar surface area (TPSA) is 67.4 Å². The number of rotatable bonds is 7. The van der Waals surface area contributed by atoms with Crippen LogP contribution in [-0.4, -0.2) is 38.9 Å². The van der Waals surface area contributed by atoms with Gasteiger partial charge in [0.1, 0.15) is 19.6 Å².